The van der Waals surface area contributed by atoms with Crippen LogP contribution in [0.2, 0.25) is 0 Å². The summed E-state index contributed by atoms with van der Waals surface area (Å²) in [5, 5.41) is 12.1. The lowest BCUT2D eigenvalue weighted by molar-refractivity contribution is -0.125. The highest BCUT2D eigenvalue weighted by molar-refractivity contribution is 7.89. The summed E-state index contributed by atoms with van der Waals surface area (Å²) >= 11 is 0. The first-order valence-corrected chi connectivity index (χ1v) is 18.3. The maximum Gasteiger partial charge on any atom is 0.249 e. The summed E-state index contributed by atoms with van der Waals surface area (Å²) < 4.78 is 100. The molecule has 2 fully saturated rings. The van der Waals surface area contributed by atoms with Gasteiger partial charge in [-0.25, -0.2) is 35.1 Å². The van der Waals surface area contributed by atoms with E-state index in [9.17, 15) is 35.2 Å². The van der Waals surface area contributed by atoms with Crippen molar-refractivity contribution in [2.75, 3.05) is 11.4 Å². The Morgan fingerprint density at radius 1 is 0.750 bits per heavy atom. The van der Waals surface area contributed by atoms with Gasteiger partial charge < -0.3 is 4.90 Å². The molecule has 4 aromatic carbocycles. The van der Waals surface area contributed by atoms with Crippen LogP contribution in [0.15, 0.2) is 83.8 Å². The largest absolute Gasteiger partial charge is 0.307 e. The number of tetrazole rings is 1. The second-order valence-electron chi connectivity index (χ2n) is 13.0. The Hall–Kier alpha value is -5.02. The Balaban J connectivity index is 1.20. The normalized spacial score (nSPS) is 16.8. The molecule has 0 spiro atoms. The minimum Gasteiger partial charge on any atom is -0.307 e. The number of hydrogen-bond acceptors (Lipinski definition) is 6. The number of hydrogen-bond donors (Lipinski definition) is 0. The lowest BCUT2D eigenvalue weighted by Gasteiger charge is -2.41. The SMILES string of the molecule is O=C([C@H]1CCN1S(=O)(=O)c1c(F)c(F)c(F)c(F)c1F)N(Cc1ccc(C2CCCCC2)cc1)c1ccc(-c2nnnn2Cc2ccccc2)cc1. The summed E-state index contributed by atoms with van der Waals surface area (Å²) in [6.45, 7) is 0.0361. The number of aromatic nitrogens is 4. The Bertz CT molecular complexity index is 2170. The third-order valence-electron chi connectivity index (χ3n) is 9.80. The summed E-state index contributed by atoms with van der Waals surface area (Å²) in [7, 11) is -5.33. The van der Waals surface area contributed by atoms with Crippen LogP contribution in [-0.4, -0.2) is 51.4 Å². The topological polar surface area (TPSA) is 101 Å². The fraction of sp³-hybridized carbons (Fsp3) is 0.297. The van der Waals surface area contributed by atoms with Crippen LogP contribution in [0.3, 0.4) is 0 Å². The van der Waals surface area contributed by atoms with Gasteiger partial charge in [-0.3, -0.25) is 4.79 Å². The number of sulfonamides is 1. The van der Waals surface area contributed by atoms with Gasteiger partial charge in [0.15, 0.2) is 34.0 Å². The standard InChI is InChI=1S/C37H33F5N6O3S/c38-30-31(39)33(41)35(34(42)32(30)40)52(50,51)48-20-19-29(48)37(49)46(21-24-11-13-26(14-12-24)25-9-5-2-6-10-25)28-17-15-27(16-18-28)36-43-44-45-47(36)22-23-7-3-1-4-8-23/h1,3-4,7-8,11-18,25,29H,2,5-6,9-10,19-22H2/t29-/m1/s1. The zero-order chi connectivity index (χ0) is 36.6. The molecule has 0 radical (unpaired) electrons. The second-order valence-corrected chi connectivity index (χ2v) is 14.8. The maximum atomic E-state index is 14.7. The average molecular weight is 737 g/mol. The molecule has 0 bridgehead atoms. The summed E-state index contributed by atoms with van der Waals surface area (Å²) in [6.07, 6.45) is 5.69. The first-order valence-electron chi connectivity index (χ1n) is 16.9. The molecule has 0 unspecified atom stereocenters. The number of carbonyl (C=O) groups is 1. The molecule has 2 heterocycles. The Kier molecular flexibility index (Phi) is 9.90. The fourth-order valence-electron chi connectivity index (χ4n) is 6.88. The van der Waals surface area contributed by atoms with Gasteiger partial charge in [-0.15, -0.1) is 5.10 Å². The van der Waals surface area contributed by atoms with Gasteiger partial charge in [0.1, 0.15) is 6.04 Å². The minimum atomic E-state index is -5.33. The van der Waals surface area contributed by atoms with E-state index in [1.165, 1.54) is 16.9 Å². The smallest absolute Gasteiger partial charge is 0.249 e. The zero-order valence-corrected chi connectivity index (χ0v) is 28.5. The molecule has 1 saturated carbocycles. The molecule has 1 aliphatic carbocycles. The fourth-order valence-corrected chi connectivity index (χ4v) is 8.62. The van der Waals surface area contributed by atoms with Crippen molar-refractivity contribution in [2.24, 2.45) is 0 Å². The van der Waals surface area contributed by atoms with E-state index in [-0.39, 0.29) is 19.5 Å². The summed E-state index contributed by atoms with van der Waals surface area (Å²) in [6, 6.07) is 22.7. The molecule has 9 nitrogen and oxygen atoms in total. The molecule has 1 aliphatic heterocycles. The summed E-state index contributed by atoms with van der Waals surface area (Å²) in [4.78, 5) is 13.6. The molecule has 270 valence electrons. The van der Waals surface area contributed by atoms with Crippen LogP contribution in [0, 0.1) is 29.1 Å². The second kappa shape index (κ2) is 14.5. The number of benzene rings is 4. The number of carbonyl (C=O) groups excluding carboxylic acids is 1. The van der Waals surface area contributed by atoms with E-state index in [0.717, 1.165) is 36.8 Å². The molecule has 0 N–H and O–H groups in total. The summed E-state index contributed by atoms with van der Waals surface area (Å²) in [5.74, 6) is -12.1. The van der Waals surface area contributed by atoms with Gasteiger partial charge in [-0.1, -0.05) is 73.9 Å². The van der Waals surface area contributed by atoms with Gasteiger partial charge in [0, 0.05) is 17.8 Å². The highest BCUT2D eigenvalue weighted by Crippen LogP contribution is 2.36. The number of nitrogens with zero attached hydrogens (tertiary/aromatic N) is 6. The Morgan fingerprint density at radius 2 is 1.38 bits per heavy atom. The molecular weight excluding hydrogens is 704 g/mol. The van der Waals surface area contributed by atoms with E-state index in [4.69, 9.17) is 0 Å². The van der Waals surface area contributed by atoms with E-state index in [2.05, 4.69) is 15.5 Å². The molecule has 2 aliphatic rings. The lowest BCUT2D eigenvalue weighted by atomic mass is 9.84. The van der Waals surface area contributed by atoms with Gasteiger partial charge in [0.25, 0.3) is 0 Å². The van der Waals surface area contributed by atoms with Crippen LogP contribution in [0.4, 0.5) is 27.6 Å². The third-order valence-corrected chi connectivity index (χ3v) is 11.7. The van der Waals surface area contributed by atoms with Gasteiger partial charge in [0.2, 0.25) is 21.7 Å². The number of halogens is 5. The third kappa shape index (κ3) is 6.70. The van der Waals surface area contributed by atoms with Gasteiger partial charge in [-0.2, -0.15) is 4.31 Å². The number of anilines is 1. The quantitative estimate of drug-likeness (QED) is 0.0860. The van der Waals surface area contributed by atoms with Crippen LogP contribution in [-0.2, 0) is 27.9 Å². The molecule has 1 amide bonds. The molecule has 1 atom stereocenters. The molecule has 1 saturated heterocycles. The molecule has 7 rings (SSSR count). The van der Waals surface area contributed by atoms with Crippen molar-refractivity contribution in [2.45, 2.75) is 68.5 Å². The maximum absolute atomic E-state index is 14.7. The highest BCUT2D eigenvalue weighted by Gasteiger charge is 2.48. The Labute approximate surface area is 296 Å². The molecule has 5 aromatic rings. The van der Waals surface area contributed by atoms with E-state index in [0.29, 0.717) is 33.8 Å². The van der Waals surface area contributed by atoms with Crippen LogP contribution < -0.4 is 4.90 Å². The molecule has 1 aromatic heterocycles. The van der Waals surface area contributed by atoms with Crippen molar-refractivity contribution in [3.8, 4) is 11.4 Å². The van der Waals surface area contributed by atoms with E-state index >= 15 is 0 Å². The zero-order valence-electron chi connectivity index (χ0n) is 27.7. The Morgan fingerprint density at radius 3 is 2.00 bits per heavy atom. The first-order chi connectivity index (χ1) is 25.0. The molecule has 52 heavy (non-hydrogen) atoms. The van der Waals surface area contributed by atoms with Gasteiger partial charge in [-0.05, 0) is 76.6 Å². The van der Waals surface area contributed by atoms with Crippen molar-refractivity contribution in [3.63, 3.8) is 0 Å². The molecular formula is C37H33F5N6O3S. The predicted molar refractivity (Wildman–Crippen MR) is 181 cm³/mol. The number of amides is 1. The highest BCUT2D eigenvalue weighted by atomic mass is 32.2. The van der Waals surface area contributed by atoms with Crippen molar-refractivity contribution in [1.29, 1.82) is 0 Å². The van der Waals surface area contributed by atoms with E-state index < -0.39 is 56.0 Å². The van der Waals surface area contributed by atoms with Gasteiger partial charge in [0.05, 0.1) is 13.1 Å². The van der Waals surface area contributed by atoms with E-state index in [1.807, 2.05) is 54.6 Å². The van der Waals surface area contributed by atoms with Crippen LogP contribution in [0.5, 0.6) is 0 Å². The monoisotopic (exact) mass is 736 g/mol. The van der Waals surface area contributed by atoms with Crippen molar-refractivity contribution in [1.82, 2.24) is 24.5 Å². The number of rotatable bonds is 10. The van der Waals surface area contributed by atoms with Crippen LogP contribution in [0.25, 0.3) is 11.4 Å². The minimum absolute atomic E-state index is 0.00177. The first kappa shape index (κ1) is 35.4. The van der Waals surface area contributed by atoms with Gasteiger partial charge >= 0.3 is 0 Å². The van der Waals surface area contributed by atoms with Crippen molar-refractivity contribution < 1.29 is 35.2 Å². The van der Waals surface area contributed by atoms with E-state index in [1.54, 1.807) is 28.9 Å². The van der Waals surface area contributed by atoms with Crippen molar-refractivity contribution in [3.05, 3.63) is 125 Å². The lowest BCUT2D eigenvalue weighted by Crippen LogP contribution is -2.59. The van der Waals surface area contributed by atoms with Crippen molar-refractivity contribution >= 4 is 21.6 Å². The predicted octanol–water partition coefficient (Wildman–Crippen LogP) is 7.13. The van der Waals surface area contributed by atoms with Crippen LogP contribution in [0.1, 0.15) is 61.1 Å². The van der Waals surface area contributed by atoms with Crippen LogP contribution >= 0.6 is 0 Å². The molecule has 15 heteroatoms. The average Bonchev–Trinajstić information content (AvgIpc) is 3.60. The summed E-state index contributed by atoms with van der Waals surface area (Å²) in [5.41, 5.74) is 3.90.